The Bertz CT molecular complexity index is 408. The quantitative estimate of drug-likeness (QED) is 0.215. The molecule has 0 aromatic carbocycles. The van der Waals surface area contributed by atoms with Gasteiger partial charge in [-0.25, -0.2) is 0 Å². The second-order valence-corrected chi connectivity index (χ2v) is 9.23. The largest absolute Gasteiger partial charge is 0.345 e. The summed E-state index contributed by atoms with van der Waals surface area (Å²) in [6, 6.07) is 0. The van der Waals surface area contributed by atoms with Gasteiger partial charge in [-0.2, -0.15) is 0 Å². The minimum atomic E-state index is 0.140. The lowest BCUT2D eigenvalue weighted by Crippen LogP contribution is -2.44. The smallest absolute Gasteiger partial charge is 0.236 e. The van der Waals surface area contributed by atoms with Crippen molar-refractivity contribution in [2.75, 3.05) is 46.8 Å². The minimum Gasteiger partial charge on any atom is -0.345 e. The summed E-state index contributed by atoms with van der Waals surface area (Å²) in [6.45, 7) is 9.81. The van der Waals surface area contributed by atoms with Crippen molar-refractivity contribution in [1.29, 1.82) is 0 Å². The van der Waals surface area contributed by atoms with Gasteiger partial charge in [-0.05, 0) is 25.8 Å². The lowest BCUT2D eigenvalue weighted by Gasteiger charge is -2.27. The van der Waals surface area contributed by atoms with E-state index in [9.17, 15) is 9.59 Å². The molecule has 0 bridgehead atoms. The number of carbonyl (C=O) groups is 2. The average Bonchev–Trinajstić information content (AvgIpc) is 2.75. The third kappa shape index (κ3) is 17.2. The second kappa shape index (κ2) is 20.8. The Hall–Kier alpha value is -1.10. The molecule has 0 spiro atoms. The molecule has 0 unspecified atom stereocenters. The molecule has 0 aromatic heterocycles. The SMILES string of the molecule is CCCCCCCN(C)C(=O)CN(CCCCCC)CC(=O)N(C)CCCCCCC. The summed E-state index contributed by atoms with van der Waals surface area (Å²) in [5.74, 6) is 0.280. The van der Waals surface area contributed by atoms with E-state index >= 15 is 0 Å². The summed E-state index contributed by atoms with van der Waals surface area (Å²) in [5, 5.41) is 0. The molecule has 0 N–H and O–H groups in total. The maximum atomic E-state index is 12.7. The number of amides is 2. The minimum absolute atomic E-state index is 0.140. The fourth-order valence-electron chi connectivity index (χ4n) is 3.75. The number of carbonyl (C=O) groups excluding carboxylic acids is 2. The molecule has 0 aliphatic heterocycles. The Balaban J connectivity index is 4.50. The van der Waals surface area contributed by atoms with E-state index < -0.39 is 0 Å². The van der Waals surface area contributed by atoms with Crippen molar-refractivity contribution in [3.8, 4) is 0 Å². The Kier molecular flexibility index (Phi) is 20.0. The number of likely N-dealkylation sites (N-methyl/N-ethyl adjacent to an activating group) is 2. The summed E-state index contributed by atoms with van der Waals surface area (Å²) in [6.07, 6.45) is 16.7. The first kappa shape index (κ1) is 29.9. The molecule has 5 heteroatoms. The van der Waals surface area contributed by atoms with Gasteiger partial charge in [0.15, 0.2) is 0 Å². The van der Waals surface area contributed by atoms with Gasteiger partial charge in [0.05, 0.1) is 13.1 Å². The van der Waals surface area contributed by atoms with Gasteiger partial charge in [0.2, 0.25) is 11.8 Å². The van der Waals surface area contributed by atoms with Crippen molar-refractivity contribution in [2.45, 2.75) is 111 Å². The summed E-state index contributed by atoms with van der Waals surface area (Å²) in [7, 11) is 3.81. The standard InChI is InChI=1S/C26H53N3O2/c1-6-9-12-15-17-20-27(4)25(30)23-29(22-19-14-11-8-3)24-26(31)28(5)21-18-16-13-10-7-2/h6-24H2,1-5H3. The molecule has 0 saturated heterocycles. The van der Waals surface area contributed by atoms with Gasteiger partial charge >= 0.3 is 0 Å². The van der Waals surface area contributed by atoms with Crippen LogP contribution in [-0.2, 0) is 9.59 Å². The van der Waals surface area contributed by atoms with Crippen molar-refractivity contribution in [2.24, 2.45) is 0 Å². The third-order valence-electron chi connectivity index (χ3n) is 6.09. The highest BCUT2D eigenvalue weighted by molar-refractivity contribution is 5.81. The maximum Gasteiger partial charge on any atom is 0.236 e. The number of rotatable bonds is 21. The van der Waals surface area contributed by atoms with E-state index in [0.29, 0.717) is 13.1 Å². The molecule has 0 atom stereocenters. The normalized spacial score (nSPS) is 11.2. The summed E-state index contributed by atoms with van der Waals surface area (Å²) in [4.78, 5) is 31.3. The monoisotopic (exact) mass is 439 g/mol. The molecule has 0 aromatic rings. The van der Waals surface area contributed by atoms with Crippen LogP contribution in [0.2, 0.25) is 0 Å². The van der Waals surface area contributed by atoms with Crippen LogP contribution in [0.4, 0.5) is 0 Å². The van der Waals surface area contributed by atoms with Crippen molar-refractivity contribution in [3.05, 3.63) is 0 Å². The van der Waals surface area contributed by atoms with Crippen LogP contribution in [-0.4, -0.2) is 73.3 Å². The van der Waals surface area contributed by atoms with Crippen LogP contribution in [0.1, 0.15) is 111 Å². The highest BCUT2D eigenvalue weighted by Gasteiger charge is 2.19. The first-order chi connectivity index (χ1) is 15.0. The van der Waals surface area contributed by atoms with E-state index in [1.54, 1.807) is 0 Å². The van der Waals surface area contributed by atoms with Crippen LogP contribution in [0.5, 0.6) is 0 Å². The molecular formula is C26H53N3O2. The van der Waals surface area contributed by atoms with Crippen LogP contribution >= 0.6 is 0 Å². The Morgan fingerprint density at radius 3 is 1.19 bits per heavy atom. The van der Waals surface area contributed by atoms with Gasteiger partial charge in [-0.3, -0.25) is 14.5 Å². The number of hydrogen-bond donors (Lipinski definition) is 0. The lowest BCUT2D eigenvalue weighted by atomic mass is 10.1. The van der Waals surface area contributed by atoms with Gasteiger partial charge in [0.25, 0.3) is 0 Å². The predicted octanol–water partition coefficient (Wildman–Crippen LogP) is 5.73. The highest BCUT2D eigenvalue weighted by atomic mass is 16.2. The van der Waals surface area contributed by atoms with E-state index in [1.165, 1.54) is 64.2 Å². The van der Waals surface area contributed by atoms with E-state index in [-0.39, 0.29) is 11.8 Å². The maximum absolute atomic E-state index is 12.7. The fourth-order valence-corrected chi connectivity index (χ4v) is 3.75. The summed E-state index contributed by atoms with van der Waals surface area (Å²) < 4.78 is 0. The molecule has 0 rings (SSSR count). The predicted molar refractivity (Wildman–Crippen MR) is 133 cm³/mol. The molecule has 0 aliphatic rings. The van der Waals surface area contributed by atoms with E-state index in [0.717, 1.165) is 45.3 Å². The summed E-state index contributed by atoms with van der Waals surface area (Å²) in [5.41, 5.74) is 0. The van der Waals surface area contributed by atoms with Crippen LogP contribution in [0.3, 0.4) is 0 Å². The Morgan fingerprint density at radius 1 is 0.484 bits per heavy atom. The van der Waals surface area contributed by atoms with Gasteiger partial charge < -0.3 is 9.80 Å². The molecule has 0 saturated carbocycles. The van der Waals surface area contributed by atoms with Crippen LogP contribution in [0.25, 0.3) is 0 Å². The molecule has 5 nitrogen and oxygen atoms in total. The van der Waals surface area contributed by atoms with Gasteiger partial charge in [0.1, 0.15) is 0 Å². The first-order valence-electron chi connectivity index (χ1n) is 13.2. The van der Waals surface area contributed by atoms with E-state index in [4.69, 9.17) is 0 Å². The molecular weight excluding hydrogens is 386 g/mol. The number of hydrogen-bond acceptors (Lipinski definition) is 3. The second-order valence-electron chi connectivity index (χ2n) is 9.23. The van der Waals surface area contributed by atoms with Crippen molar-refractivity contribution < 1.29 is 9.59 Å². The van der Waals surface area contributed by atoms with Crippen LogP contribution < -0.4 is 0 Å². The first-order valence-corrected chi connectivity index (χ1v) is 13.2. The lowest BCUT2D eigenvalue weighted by molar-refractivity contribution is -0.134. The molecule has 0 radical (unpaired) electrons. The van der Waals surface area contributed by atoms with Crippen molar-refractivity contribution in [3.63, 3.8) is 0 Å². The topological polar surface area (TPSA) is 43.9 Å². The number of nitrogens with zero attached hydrogens (tertiary/aromatic N) is 3. The fraction of sp³-hybridized carbons (Fsp3) is 0.923. The van der Waals surface area contributed by atoms with Crippen LogP contribution in [0, 0.1) is 0 Å². The van der Waals surface area contributed by atoms with Crippen molar-refractivity contribution in [1.82, 2.24) is 14.7 Å². The zero-order valence-corrected chi connectivity index (χ0v) is 21.6. The highest BCUT2D eigenvalue weighted by Crippen LogP contribution is 2.07. The van der Waals surface area contributed by atoms with E-state index in [1.807, 2.05) is 23.9 Å². The van der Waals surface area contributed by atoms with Gasteiger partial charge in [0, 0.05) is 27.2 Å². The zero-order chi connectivity index (χ0) is 23.3. The van der Waals surface area contributed by atoms with Crippen molar-refractivity contribution >= 4 is 11.8 Å². The molecule has 184 valence electrons. The summed E-state index contributed by atoms with van der Waals surface area (Å²) >= 11 is 0. The molecule has 0 aliphatic carbocycles. The molecule has 0 fully saturated rings. The van der Waals surface area contributed by atoms with Gasteiger partial charge in [-0.15, -0.1) is 0 Å². The average molecular weight is 440 g/mol. The number of unbranched alkanes of at least 4 members (excludes halogenated alkanes) is 11. The molecule has 2 amide bonds. The zero-order valence-electron chi connectivity index (χ0n) is 21.6. The Morgan fingerprint density at radius 2 is 0.806 bits per heavy atom. The molecule has 0 heterocycles. The van der Waals surface area contributed by atoms with Gasteiger partial charge in [-0.1, -0.05) is 91.4 Å². The Labute approximate surface area is 193 Å². The van der Waals surface area contributed by atoms with E-state index in [2.05, 4.69) is 25.7 Å². The molecule has 31 heavy (non-hydrogen) atoms. The third-order valence-corrected chi connectivity index (χ3v) is 6.09. The van der Waals surface area contributed by atoms with Crippen LogP contribution in [0.15, 0.2) is 0 Å².